The fourth-order valence-electron chi connectivity index (χ4n) is 1.82. The van der Waals surface area contributed by atoms with Crippen LogP contribution in [0.15, 0.2) is 24.3 Å². The van der Waals surface area contributed by atoms with E-state index in [1.807, 2.05) is 0 Å². The summed E-state index contributed by atoms with van der Waals surface area (Å²) >= 11 is 0. The number of ether oxygens (including phenoxy) is 1. The molecule has 0 N–H and O–H groups in total. The van der Waals surface area contributed by atoms with Crippen molar-refractivity contribution in [2.24, 2.45) is 5.92 Å². The molecule has 0 saturated heterocycles. The molecule has 1 unspecified atom stereocenters. The van der Waals surface area contributed by atoms with E-state index in [-0.39, 0.29) is 0 Å². The Morgan fingerprint density at radius 1 is 1.06 bits per heavy atom. The summed E-state index contributed by atoms with van der Waals surface area (Å²) in [5.74, 6) is 2.26. The minimum absolute atomic E-state index is 0.604. The van der Waals surface area contributed by atoms with Gasteiger partial charge in [-0.1, -0.05) is 32.9 Å². The fourth-order valence-corrected chi connectivity index (χ4v) is 1.82. The van der Waals surface area contributed by atoms with Crippen LogP contribution in [0.3, 0.4) is 0 Å². The third kappa shape index (κ3) is 5.09. The number of hydrogen-bond donors (Lipinski definition) is 0. The van der Waals surface area contributed by atoms with Crippen LogP contribution in [-0.2, 0) is 0 Å². The number of hydrogen-bond acceptors (Lipinski definition) is 2. The van der Waals surface area contributed by atoms with E-state index < -0.39 is 0 Å². The van der Waals surface area contributed by atoms with Crippen LogP contribution in [0.2, 0.25) is 0 Å². The van der Waals surface area contributed by atoms with Gasteiger partial charge in [-0.25, -0.2) is 0 Å². The summed E-state index contributed by atoms with van der Waals surface area (Å²) in [5.41, 5.74) is 1.39. The van der Waals surface area contributed by atoms with Crippen LogP contribution in [0.5, 0.6) is 5.75 Å². The first-order valence-corrected chi connectivity index (χ1v) is 6.88. The Bertz CT molecular complexity index is 329. The molecule has 0 aliphatic carbocycles. The molecule has 0 heterocycles. The number of benzene rings is 1. The van der Waals surface area contributed by atoms with Gasteiger partial charge in [0.1, 0.15) is 5.75 Å². The lowest BCUT2D eigenvalue weighted by Gasteiger charge is -2.16. The zero-order chi connectivity index (χ0) is 13.5. The third-order valence-corrected chi connectivity index (χ3v) is 3.42. The van der Waals surface area contributed by atoms with E-state index in [1.54, 1.807) is 0 Å². The van der Waals surface area contributed by atoms with Crippen LogP contribution in [0.1, 0.15) is 38.7 Å². The Kier molecular flexibility index (Phi) is 6.20. The summed E-state index contributed by atoms with van der Waals surface area (Å²) in [5, 5.41) is 0. The smallest absolute Gasteiger partial charge is 0.119 e. The maximum atomic E-state index is 5.72. The molecule has 18 heavy (non-hydrogen) atoms. The highest BCUT2D eigenvalue weighted by Gasteiger charge is 2.09. The zero-order valence-corrected chi connectivity index (χ0v) is 12.4. The first-order valence-electron chi connectivity index (χ1n) is 6.88. The molecular weight excluding hydrogens is 222 g/mol. The Hall–Kier alpha value is -1.02. The largest absolute Gasteiger partial charge is 0.494 e. The average molecular weight is 249 g/mol. The number of nitrogens with zero attached hydrogens (tertiary/aromatic N) is 1. The van der Waals surface area contributed by atoms with Crippen molar-refractivity contribution in [2.45, 2.75) is 33.1 Å². The second kappa shape index (κ2) is 7.42. The normalized spacial score (nSPS) is 13.1. The number of rotatable bonds is 7. The predicted molar refractivity (Wildman–Crippen MR) is 78.4 cm³/mol. The van der Waals surface area contributed by atoms with E-state index >= 15 is 0 Å². The van der Waals surface area contributed by atoms with Crippen LogP contribution in [0, 0.1) is 5.92 Å². The van der Waals surface area contributed by atoms with Gasteiger partial charge in [0.25, 0.3) is 0 Å². The van der Waals surface area contributed by atoms with Gasteiger partial charge in [0.2, 0.25) is 0 Å². The van der Waals surface area contributed by atoms with Crippen LogP contribution in [-0.4, -0.2) is 32.1 Å². The summed E-state index contributed by atoms with van der Waals surface area (Å²) in [4.78, 5) is 2.18. The Morgan fingerprint density at radius 3 is 2.17 bits per heavy atom. The third-order valence-electron chi connectivity index (χ3n) is 3.42. The molecular formula is C16H27NO. The Balaban J connectivity index is 2.41. The van der Waals surface area contributed by atoms with E-state index in [0.717, 1.165) is 25.3 Å². The maximum absolute atomic E-state index is 5.72. The Labute approximate surface area is 112 Å². The van der Waals surface area contributed by atoms with Crippen molar-refractivity contribution in [1.29, 1.82) is 0 Å². The van der Waals surface area contributed by atoms with Gasteiger partial charge in [-0.2, -0.15) is 0 Å². The van der Waals surface area contributed by atoms with Crippen LogP contribution in [0.25, 0.3) is 0 Å². The molecule has 0 aliphatic heterocycles. The average Bonchev–Trinajstić information content (AvgIpc) is 2.34. The van der Waals surface area contributed by atoms with Crippen molar-refractivity contribution >= 4 is 0 Å². The van der Waals surface area contributed by atoms with Crippen LogP contribution >= 0.6 is 0 Å². The fraction of sp³-hybridized carbons (Fsp3) is 0.625. The van der Waals surface area contributed by atoms with Crippen molar-refractivity contribution in [3.63, 3.8) is 0 Å². The molecule has 1 atom stereocenters. The van der Waals surface area contributed by atoms with Crippen molar-refractivity contribution in [3.05, 3.63) is 29.8 Å². The van der Waals surface area contributed by atoms with Gasteiger partial charge in [0.05, 0.1) is 6.61 Å². The molecule has 1 rings (SSSR count). The molecule has 0 aromatic heterocycles. The lowest BCUT2D eigenvalue weighted by molar-refractivity contribution is 0.281. The van der Waals surface area contributed by atoms with Gasteiger partial charge in [0.15, 0.2) is 0 Å². The minimum Gasteiger partial charge on any atom is -0.494 e. The molecule has 0 bridgehead atoms. The second-order valence-corrected chi connectivity index (χ2v) is 5.61. The van der Waals surface area contributed by atoms with Gasteiger partial charge in [-0.15, -0.1) is 0 Å². The Morgan fingerprint density at radius 2 is 1.67 bits per heavy atom. The first kappa shape index (κ1) is 15.0. The second-order valence-electron chi connectivity index (χ2n) is 5.61. The van der Waals surface area contributed by atoms with Crippen LogP contribution in [0.4, 0.5) is 0 Å². The lowest BCUT2D eigenvalue weighted by Crippen LogP contribution is -2.15. The molecule has 0 radical (unpaired) electrons. The van der Waals surface area contributed by atoms with E-state index in [2.05, 4.69) is 64.0 Å². The highest BCUT2D eigenvalue weighted by Crippen LogP contribution is 2.25. The van der Waals surface area contributed by atoms with Crippen molar-refractivity contribution in [3.8, 4) is 5.75 Å². The summed E-state index contributed by atoms with van der Waals surface area (Å²) in [6.45, 7) is 8.66. The summed E-state index contributed by atoms with van der Waals surface area (Å²) in [6, 6.07) is 8.55. The molecule has 0 amide bonds. The van der Waals surface area contributed by atoms with Crippen LogP contribution < -0.4 is 4.74 Å². The molecule has 1 aromatic carbocycles. The van der Waals surface area contributed by atoms with Crippen molar-refractivity contribution < 1.29 is 4.74 Å². The van der Waals surface area contributed by atoms with E-state index in [1.165, 1.54) is 5.56 Å². The van der Waals surface area contributed by atoms with Crippen molar-refractivity contribution in [2.75, 3.05) is 27.2 Å². The van der Waals surface area contributed by atoms with Gasteiger partial charge in [-0.05, 0) is 50.0 Å². The topological polar surface area (TPSA) is 12.5 Å². The van der Waals surface area contributed by atoms with Gasteiger partial charge in [0, 0.05) is 6.54 Å². The maximum Gasteiger partial charge on any atom is 0.119 e. The molecule has 0 aliphatic rings. The van der Waals surface area contributed by atoms with Gasteiger partial charge in [-0.3, -0.25) is 0 Å². The predicted octanol–water partition coefficient (Wildman–Crippen LogP) is 3.78. The molecule has 0 fully saturated rings. The van der Waals surface area contributed by atoms with E-state index in [9.17, 15) is 0 Å². The van der Waals surface area contributed by atoms with Gasteiger partial charge < -0.3 is 9.64 Å². The van der Waals surface area contributed by atoms with Gasteiger partial charge >= 0.3 is 0 Å². The highest BCUT2D eigenvalue weighted by molar-refractivity contribution is 5.29. The monoisotopic (exact) mass is 249 g/mol. The molecule has 2 heteroatoms. The molecule has 0 saturated carbocycles. The molecule has 102 valence electrons. The molecule has 0 spiro atoms. The zero-order valence-electron chi connectivity index (χ0n) is 12.4. The molecule has 2 nitrogen and oxygen atoms in total. The van der Waals surface area contributed by atoms with E-state index in [0.29, 0.717) is 11.8 Å². The quantitative estimate of drug-likeness (QED) is 0.682. The standard InChI is InChI=1S/C16H27NO/c1-13(2)14(3)15-7-9-16(10-8-15)18-12-6-11-17(4)5/h7-10,13-14H,6,11-12H2,1-5H3. The molecule has 1 aromatic rings. The SMILES string of the molecule is CC(C)C(C)c1ccc(OCCCN(C)C)cc1. The first-order chi connectivity index (χ1) is 8.50. The minimum atomic E-state index is 0.604. The lowest BCUT2D eigenvalue weighted by atomic mass is 9.90. The summed E-state index contributed by atoms with van der Waals surface area (Å²) < 4.78 is 5.72. The highest BCUT2D eigenvalue weighted by atomic mass is 16.5. The summed E-state index contributed by atoms with van der Waals surface area (Å²) in [6.07, 6.45) is 1.07. The van der Waals surface area contributed by atoms with E-state index in [4.69, 9.17) is 4.74 Å². The van der Waals surface area contributed by atoms with Crippen molar-refractivity contribution in [1.82, 2.24) is 4.90 Å². The summed E-state index contributed by atoms with van der Waals surface area (Å²) in [7, 11) is 4.17.